The number of hydrogen-bond acceptors (Lipinski definition) is 4. The van der Waals surface area contributed by atoms with Crippen molar-refractivity contribution in [3.63, 3.8) is 0 Å². The molecule has 0 unspecified atom stereocenters. The van der Waals surface area contributed by atoms with Crippen LogP contribution in [0.5, 0.6) is 0 Å². The molecule has 0 saturated heterocycles. The molecule has 108 valence electrons. The maximum atomic E-state index is 11.9. The SMILES string of the molecule is FC(F)(F)SCCNCc1n[nH]nc1-c1ccccc1. The number of halogens is 3. The van der Waals surface area contributed by atoms with Gasteiger partial charge in [0.15, 0.2) is 0 Å². The van der Waals surface area contributed by atoms with Crippen LogP contribution in [0.3, 0.4) is 0 Å². The Balaban J connectivity index is 1.84. The van der Waals surface area contributed by atoms with Crippen LogP contribution in [0.2, 0.25) is 0 Å². The van der Waals surface area contributed by atoms with Crippen molar-refractivity contribution in [3.05, 3.63) is 36.0 Å². The zero-order chi connectivity index (χ0) is 14.4. The van der Waals surface area contributed by atoms with Crippen molar-refractivity contribution >= 4 is 11.8 Å². The van der Waals surface area contributed by atoms with Crippen molar-refractivity contribution in [2.24, 2.45) is 0 Å². The van der Waals surface area contributed by atoms with Crippen LogP contribution in [0, 0.1) is 0 Å². The Kier molecular flexibility index (Phi) is 5.02. The smallest absolute Gasteiger partial charge is 0.310 e. The van der Waals surface area contributed by atoms with Gasteiger partial charge < -0.3 is 5.32 Å². The molecule has 2 N–H and O–H groups in total. The number of alkyl halides is 3. The first kappa shape index (κ1) is 14.9. The average molecular weight is 302 g/mol. The van der Waals surface area contributed by atoms with Gasteiger partial charge in [0, 0.05) is 24.4 Å². The summed E-state index contributed by atoms with van der Waals surface area (Å²) in [4.78, 5) is 0. The summed E-state index contributed by atoms with van der Waals surface area (Å²) >= 11 is -0.0350. The van der Waals surface area contributed by atoms with E-state index in [1.54, 1.807) is 0 Å². The molecular weight excluding hydrogens is 289 g/mol. The number of aromatic amines is 1. The van der Waals surface area contributed by atoms with Gasteiger partial charge in [-0.05, 0) is 11.8 Å². The molecule has 0 aliphatic carbocycles. The van der Waals surface area contributed by atoms with E-state index < -0.39 is 5.51 Å². The minimum absolute atomic E-state index is 0.0258. The normalized spacial score (nSPS) is 11.8. The second-order valence-electron chi connectivity index (χ2n) is 3.96. The van der Waals surface area contributed by atoms with Gasteiger partial charge in [0.2, 0.25) is 0 Å². The lowest BCUT2D eigenvalue weighted by molar-refractivity contribution is -0.0327. The molecule has 4 nitrogen and oxygen atoms in total. The Hall–Kier alpha value is -1.54. The summed E-state index contributed by atoms with van der Waals surface area (Å²) in [6.45, 7) is 0.629. The summed E-state index contributed by atoms with van der Waals surface area (Å²) in [7, 11) is 0. The molecule has 0 radical (unpaired) electrons. The highest BCUT2D eigenvalue weighted by Crippen LogP contribution is 2.29. The number of H-pyrrole nitrogens is 1. The lowest BCUT2D eigenvalue weighted by atomic mass is 10.1. The molecular formula is C12H13F3N4S. The summed E-state index contributed by atoms with van der Waals surface area (Å²) in [5, 5.41) is 13.5. The predicted octanol–water partition coefficient (Wildman–Crippen LogP) is 2.81. The predicted molar refractivity (Wildman–Crippen MR) is 72.0 cm³/mol. The number of nitrogens with one attached hydrogen (secondary N) is 2. The van der Waals surface area contributed by atoms with Crippen LogP contribution in [-0.2, 0) is 6.54 Å². The molecule has 0 spiro atoms. The van der Waals surface area contributed by atoms with Crippen LogP contribution < -0.4 is 5.32 Å². The Labute approximate surface area is 118 Å². The van der Waals surface area contributed by atoms with Gasteiger partial charge in [-0.25, -0.2) is 0 Å². The molecule has 1 heterocycles. The Morgan fingerprint density at radius 1 is 1.15 bits per heavy atom. The number of nitrogens with zero attached hydrogens (tertiary/aromatic N) is 2. The number of benzene rings is 1. The molecule has 0 amide bonds. The van der Waals surface area contributed by atoms with Gasteiger partial charge >= 0.3 is 5.51 Å². The van der Waals surface area contributed by atoms with Gasteiger partial charge in [-0.3, -0.25) is 0 Å². The largest absolute Gasteiger partial charge is 0.441 e. The van der Waals surface area contributed by atoms with Crippen LogP contribution in [0.25, 0.3) is 11.3 Å². The van der Waals surface area contributed by atoms with E-state index in [9.17, 15) is 13.2 Å². The molecule has 0 bridgehead atoms. The van der Waals surface area contributed by atoms with Crippen molar-refractivity contribution in [2.75, 3.05) is 12.3 Å². The van der Waals surface area contributed by atoms with Gasteiger partial charge in [-0.2, -0.15) is 28.6 Å². The number of hydrogen-bond donors (Lipinski definition) is 2. The number of aromatic nitrogens is 3. The third kappa shape index (κ3) is 4.53. The van der Waals surface area contributed by atoms with Gasteiger partial charge in [-0.15, -0.1) is 0 Å². The van der Waals surface area contributed by atoms with Crippen molar-refractivity contribution in [1.82, 2.24) is 20.7 Å². The summed E-state index contributed by atoms with van der Waals surface area (Å²) in [6, 6.07) is 9.49. The van der Waals surface area contributed by atoms with Crippen LogP contribution in [0.4, 0.5) is 13.2 Å². The van der Waals surface area contributed by atoms with Gasteiger partial charge in [0.1, 0.15) is 11.4 Å². The minimum atomic E-state index is -4.18. The number of rotatable bonds is 6. The first-order chi connectivity index (χ1) is 9.56. The van der Waals surface area contributed by atoms with E-state index in [2.05, 4.69) is 20.7 Å². The molecule has 1 aromatic carbocycles. The van der Waals surface area contributed by atoms with Gasteiger partial charge in [0.25, 0.3) is 0 Å². The van der Waals surface area contributed by atoms with E-state index in [4.69, 9.17) is 0 Å². The Morgan fingerprint density at radius 2 is 1.90 bits per heavy atom. The minimum Gasteiger partial charge on any atom is -0.310 e. The van der Waals surface area contributed by atoms with E-state index in [0.29, 0.717) is 17.9 Å². The van der Waals surface area contributed by atoms with Crippen LogP contribution >= 0.6 is 11.8 Å². The highest BCUT2D eigenvalue weighted by atomic mass is 32.2. The molecule has 1 aromatic heterocycles. The van der Waals surface area contributed by atoms with E-state index in [1.165, 1.54) is 0 Å². The molecule has 20 heavy (non-hydrogen) atoms. The summed E-state index contributed by atoms with van der Waals surface area (Å²) in [5.41, 5.74) is -1.86. The first-order valence-corrected chi connectivity index (χ1v) is 6.91. The summed E-state index contributed by atoms with van der Waals surface area (Å²) in [5.74, 6) is -0.0258. The fourth-order valence-electron chi connectivity index (χ4n) is 1.65. The topological polar surface area (TPSA) is 53.6 Å². The molecule has 2 rings (SSSR count). The third-order valence-corrected chi connectivity index (χ3v) is 3.24. The third-order valence-electron chi connectivity index (χ3n) is 2.50. The molecule has 0 fully saturated rings. The molecule has 0 saturated carbocycles. The maximum Gasteiger partial charge on any atom is 0.441 e. The van der Waals surface area contributed by atoms with Crippen molar-refractivity contribution in [2.45, 2.75) is 12.1 Å². The van der Waals surface area contributed by atoms with Crippen LogP contribution in [0.1, 0.15) is 5.69 Å². The van der Waals surface area contributed by atoms with E-state index in [0.717, 1.165) is 5.56 Å². The molecule has 8 heteroatoms. The molecule has 2 aromatic rings. The zero-order valence-corrected chi connectivity index (χ0v) is 11.3. The number of thioether (sulfide) groups is 1. The lowest BCUT2D eigenvalue weighted by Gasteiger charge is -2.06. The van der Waals surface area contributed by atoms with E-state index >= 15 is 0 Å². The Bertz CT molecular complexity index is 527. The van der Waals surface area contributed by atoms with E-state index in [1.807, 2.05) is 30.3 Å². The van der Waals surface area contributed by atoms with Crippen LogP contribution in [0.15, 0.2) is 30.3 Å². The lowest BCUT2D eigenvalue weighted by Crippen LogP contribution is -2.19. The fraction of sp³-hybridized carbons (Fsp3) is 0.333. The fourth-order valence-corrected chi connectivity index (χ4v) is 2.13. The monoisotopic (exact) mass is 302 g/mol. The quantitative estimate of drug-likeness (QED) is 0.806. The second-order valence-corrected chi connectivity index (χ2v) is 5.12. The molecule has 0 aliphatic rings. The van der Waals surface area contributed by atoms with Gasteiger partial charge in [0.05, 0.1) is 0 Å². The first-order valence-electron chi connectivity index (χ1n) is 5.93. The summed E-state index contributed by atoms with van der Waals surface area (Å²) in [6.07, 6.45) is 0. The standard InChI is InChI=1S/C12H13F3N4S/c13-12(14,15)20-7-6-16-8-10-11(18-19-17-10)9-4-2-1-3-5-9/h1-5,16H,6-8H2,(H,17,18,19). The molecule has 0 aliphatic heterocycles. The van der Waals surface area contributed by atoms with E-state index in [-0.39, 0.29) is 24.1 Å². The highest BCUT2D eigenvalue weighted by molar-refractivity contribution is 8.00. The zero-order valence-electron chi connectivity index (χ0n) is 10.4. The molecule has 0 atom stereocenters. The second kappa shape index (κ2) is 6.76. The average Bonchev–Trinajstić information content (AvgIpc) is 2.86. The summed E-state index contributed by atoms with van der Waals surface area (Å²) < 4.78 is 35.8. The Morgan fingerprint density at radius 3 is 2.60 bits per heavy atom. The van der Waals surface area contributed by atoms with Crippen LogP contribution in [-0.4, -0.2) is 33.2 Å². The van der Waals surface area contributed by atoms with Crippen molar-refractivity contribution in [1.29, 1.82) is 0 Å². The van der Waals surface area contributed by atoms with Crippen molar-refractivity contribution < 1.29 is 13.2 Å². The van der Waals surface area contributed by atoms with Crippen molar-refractivity contribution in [3.8, 4) is 11.3 Å². The van der Waals surface area contributed by atoms with Gasteiger partial charge in [-0.1, -0.05) is 30.3 Å². The maximum absolute atomic E-state index is 11.9. The highest BCUT2D eigenvalue weighted by Gasteiger charge is 2.27.